The molecule has 0 heterocycles. The van der Waals surface area contributed by atoms with Crippen molar-refractivity contribution in [2.45, 2.75) is 6.92 Å². The van der Waals surface area contributed by atoms with Gasteiger partial charge in [0.15, 0.2) is 0 Å². The second-order valence-electron chi connectivity index (χ2n) is 3.20. The number of carbonyl (C=O) groups excluding carboxylic acids is 2. The van der Waals surface area contributed by atoms with E-state index in [4.69, 9.17) is 4.74 Å². The van der Waals surface area contributed by atoms with Crippen LogP contribution in [-0.4, -0.2) is 25.7 Å². The Morgan fingerprint density at radius 3 is 2.76 bits per heavy atom. The van der Waals surface area contributed by atoms with Crippen molar-refractivity contribution in [3.8, 4) is 0 Å². The van der Waals surface area contributed by atoms with Gasteiger partial charge in [0.2, 0.25) is 0 Å². The fraction of sp³-hybridized carbons (Fsp3) is 0.231. The van der Waals surface area contributed by atoms with E-state index in [1.165, 1.54) is 13.2 Å². The van der Waals surface area contributed by atoms with Gasteiger partial charge in [-0.05, 0) is 30.7 Å². The molecular formula is C13H14O4. The molecule has 1 aromatic carbocycles. The summed E-state index contributed by atoms with van der Waals surface area (Å²) >= 11 is 0. The van der Waals surface area contributed by atoms with Crippen LogP contribution in [0.1, 0.15) is 22.8 Å². The van der Waals surface area contributed by atoms with E-state index in [2.05, 4.69) is 4.74 Å². The highest BCUT2D eigenvalue weighted by molar-refractivity contribution is 5.91. The standard InChI is InChI=1S/C13H14O4/c1-3-17-13(15)11-6-4-5-10(9-11)7-8-12(14)16-2/h4-9H,3H2,1-2H3/b8-7+. The van der Waals surface area contributed by atoms with Crippen LogP contribution in [0.4, 0.5) is 0 Å². The third-order valence-corrected chi connectivity index (χ3v) is 2.01. The van der Waals surface area contributed by atoms with E-state index in [-0.39, 0.29) is 5.97 Å². The van der Waals surface area contributed by atoms with Crippen LogP contribution in [0.15, 0.2) is 30.3 Å². The van der Waals surface area contributed by atoms with Gasteiger partial charge in [-0.15, -0.1) is 0 Å². The first-order valence-corrected chi connectivity index (χ1v) is 5.20. The lowest BCUT2D eigenvalue weighted by atomic mass is 10.1. The number of benzene rings is 1. The number of methoxy groups -OCH3 is 1. The van der Waals surface area contributed by atoms with Crippen LogP contribution in [-0.2, 0) is 14.3 Å². The van der Waals surface area contributed by atoms with Crippen LogP contribution < -0.4 is 0 Å². The Morgan fingerprint density at radius 2 is 2.12 bits per heavy atom. The van der Waals surface area contributed by atoms with Crippen LogP contribution in [0, 0.1) is 0 Å². The molecule has 4 heteroatoms. The fourth-order valence-corrected chi connectivity index (χ4v) is 1.22. The normalized spacial score (nSPS) is 10.2. The van der Waals surface area contributed by atoms with Crippen LogP contribution >= 0.6 is 0 Å². The summed E-state index contributed by atoms with van der Waals surface area (Å²) < 4.78 is 9.35. The van der Waals surface area contributed by atoms with E-state index in [0.29, 0.717) is 12.2 Å². The molecule has 17 heavy (non-hydrogen) atoms. The third kappa shape index (κ3) is 4.10. The third-order valence-electron chi connectivity index (χ3n) is 2.01. The molecule has 0 atom stereocenters. The number of esters is 2. The largest absolute Gasteiger partial charge is 0.466 e. The minimum absolute atomic E-state index is 0.334. The van der Waals surface area contributed by atoms with Crippen molar-refractivity contribution in [1.29, 1.82) is 0 Å². The van der Waals surface area contributed by atoms with Crippen molar-refractivity contribution in [3.63, 3.8) is 0 Å². The Morgan fingerprint density at radius 1 is 1.35 bits per heavy atom. The van der Waals surface area contributed by atoms with Crippen molar-refractivity contribution >= 4 is 18.0 Å². The predicted molar refractivity (Wildman–Crippen MR) is 63.4 cm³/mol. The van der Waals surface area contributed by atoms with E-state index in [1.54, 1.807) is 37.3 Å². The Bertz CT molecular complexity index is 435. The Kier molecular flexibility index (Phi) is 4.94. The van der Waals surface area contributed by atoms with Crippen LogP contribution in [0.2, 0.25) is 0 Å². The molecule has 0 amide bonds. The second-order valence-corrected chi connectivity index (χ2v) is 3.20. The molecule has 0 N–H and O–H groups in total. The second kappa shape index (κ2) is 6.48. The molecule has 0 aliphatic rings. The van der Waals surface area contributed by atoms with Crippen LogP contribution in [0.3, 0.4) is 0 Å². The van der Waals surface area contributed by atoms with E-state index in [0.717, 1.165) is 5.56 Å². The number of ether oxygens (including phenoxy) is 2. The van der Waals surface area contributed by atoms with Gasteiger partial charge in [-0.2, -0.15) is 0 Å². The van der Waals surface area contributed by atoms with Gasteiger partial charge in [-0.1, -0.05) is 12.1 Å². The number of hydrogen-bond acceptors (Lipinski definition) is 4. The monoisotopic (exact) mass is 234 g/mol. The molecule has 1 rings (SSSR count). The molecular weight excluding hydrogens is 220 g/mol. The fourth-order valence-electron chi connectivity index (χ4n) is 1.22. The minimum atomic E-state index is -0.438. The molecule has 0 fully saturated rings. The zero-order chi connectivity index (χ0) is 12.7. The van der Waals surface area contributed by atoms with Crippen molar-refractivity contribution in [2.75, 3.05) is 13.7 Å². The maximum Gasteiger partial charge on any atom is 0.338 e. The minimum Gasteiger partial charge on any atom is -0.466 e. The molecule has 0 saturated carbocycles. The molecule has 0 aliphatic carbocycles. The van der Waals surface area contributed by atoms with Crippen LogP contribution in [0.25, 0.3) is 6.08 Å². The topological polar surface area (TPSA) is 52.6 Å². The summed E-state index contributed by atoms with van der Waals surface area (Å²) in [5, 5.41) is 0. The molecule has 0 spiro atoms. The lowest BCUT2D eigenvalue weighted by Gasteiger charge is -2.02. The molecule has 0 aliphatic heterocycles. The molecule has 0 bridgehead atoms. The van der Waals surface area contributed by atoms with Gasteiger partial charge in [0.05, 0.1) is 19.3 Å². The van der Waals surface area contributed by atoms with Crippen molar-refractivity contribution < 1.29 is 19.1 Å². The predicted octanol–water partition coefficient (Wildman–Crippen LogP) is 2.05. The van der Waals surface area contributed by atoms with Gasteiger partial charge in [-0.25, -0.2) is 9.59 Å². The Hall–Kier alpha value is -2.10. The maximum atomic E-state index is 11.5. The summed E-state index contributed by atoms with van der Waals surface area (Å²) in [6.45, 7) is 2.08. The summed E-state index contributed by atoms with van der Waals surface area (Å²) in [5.74, 6) is -0.813. The highest BCUT2D eigenvalue weighted by Gasteiger charge is 2.05. The van der Waals surface area contributed by atoms with Crippen LogP contribution in [0.5, 0.6) is 0 Å². The van der Waals surface area contributed by atoms with E-state index in [1.807, 2.05) is 0 Å². The smallest absolute Gasteiger partial charge is 0.338 e. The maximum absolute atomic E-state index is 11.5. The average molecular weight is 234 g/mol. The molecule has 0 aromatic heterocycles. The SMILES string of the molecule is CCOC(=O)c1cccc(/C=C/C(=O)OC)c1. The van der Waals surface area contributed by atoms with Gasteiger partial charge in [-0.3, -0.25) is 0 Å². The zero-order valence-electron chi connectivity index (χ0n) is 9.80. The molecule has 90 valence electrons. The summed E-state index contributed by atoms with van der Waals surface area (Å²) in [5.41, 5.74) is 1.19. The summed E-state index contributed by atoms with van der Waals surface area (Å²) in [7, 11) is 1.31. The molecule has 0 radical (unpaired) electrons. The molecule has 0 unspecified atom stereocenters. The van der Waals surface area contributed by atoms with Gasteiger partial charge in [0.25, 0.3) is 0 Å². The average Bonchev–Trinajstić information content (AvgIpc) is 2.36. The van der Waals surface area contributed by atoms with E-state index in [9.17, 15) is 9.59 Å². The van der Waals surface area contributed by atoms with Gasteiger partial charge in [0, 0.05) is 6.08 Å². The van der Waals surface area contributed by atoms with Gasteiger partial charge in [0.1, 0.15) is 0 Å². The lowest BCUT2D eigenvalue weighted by Crippen LogP contribution is -2.04. The van der Waals surface area contributed by atoms with E-state index >= 15 is 0 Å². The highest BCUT2D eigenvalue weighted by Crippen LogP contribution is 2.08. The summed E-state index contributed by atoms with van der Waals surface area (Å²) in [4.78, 5) is 22.4. The first kappa shape index (κ1) is 13.0. The Balaban J connectivity index is 2.82. The first-order valence-electron chi connectivity index (χ1n) is 5.20. The lowest BCUT2D eigenvalue weighted by molar-refractivity contribution is -0.134. The van der Waals surface area contributed by atoms with Crippen molar-refractivity contribution in [1.82, 2.24) is 0 Å². The van der Waals surface area contributed by atoms with E-state index < -0.39 is 5.97 Å². The zero-order valence-corrected chi connectivity index (χ0v) is 9.80. The summed E-state index contributed by atoms with van der Waals surface area (Å²) in [6.07, 6.45) is 2.87. The first-order chi connectivity index (χ1) is 8.17. The van der Waals surface area contributed by atoms with Gasteiger partial charge >= 0.3 is 11.9 Å². The molecule has 0 saturated heterocycles. The van der Waals surface area contributed by atoms with Crippen molar-refractivity contribution in [3.05, 3.63) is 41.5 Å². The number of rotatable bonds is 4. The van der Waals surface area contributed by atoms with Gasteiger partial charge < -0.3 is 9.47 Å². The van der Waals surface area contributed by atoms with Crippen molar-refractivity contribution in [2.24, 2.45) is 0 Å². The Labute approximate surface area is 99.8 Å². The number of hydrogen-bond donors (Lipinski definition) is 0. The highest BCUT2D eigenvalue weighted by atomic mass is 16.5. The molecule has 4 nitrogen and oxygen atoms in total. The number of carbonyl (C=O) groups is 2. The molecule has 1 aromatic rings. The summed E-state index contributed by atoms with van der Waals surface area (Å²) in [6, 6.07) is 6.82. The quantitative estimate of drug-likeness (QED) is 0.591.